The van der Waals surface area contributed by atoms with Crippen molar-refractivity contribution in [2.24, 2.45) is 11.3 Å². The van der Waals surface area contributed by atoms with Crippen LogP contribution in [0, 0.1) is 11.3 Å². The zero-order chi connectivity index (χ0) is 16.7. The molecule has 0 aliphatic rings. The number of esters is 2. The van der Waals surface area contributed by atoms with Crippen molar-refractivity contribution < 1.29 is 19.1 Å². The molecule has 1 unspecified atom stereocenters. The van der Waals surface area contributed by atoms with Crippen molar-refractivity contribution in [2.75, 3.05) is 6.61 Å². The number of rotatable bonds is 9. The van der Waals surface area contributed by atoms with Gasteiger partial charge in [-0.1, -0.05) is 20.8 Å². The van der Waals surface area contributed by atoms with E-state index in [4.69, 9.17) is 9.47 Å². The molecule has 0 aliphatic heterocycles. The lowest BCUT2D eigenvalue weighted by Gasteiger charge is -2.30. The molecule has 0 amide bonds. The van der Waals surface area contributed by atoms with Crippen LogP contribution < -0.4 is 0 Å². The van der Waals surface area contributed by atoms with Gasteiger partial charge < -0.3 is 9.47 Å². The van der Waals surface area contributed by atoms with Crippen LogP contribution in [0.1, 0.15) is 74.1 Å². The minimum absolute atomic E-state index is 0.0545. The molecule has 0 bridgehead atoms. The van der Waals surface area contributed by atoms with E-state index in [9.17, 15) is 9.59 Å². The van der Waals surface area contributed by atoms with Crippen LogP contribution in [-0.4, -0.2) is 24.1 Å². The molecule has 4 heteroatoms. The second kappa shape index (κ2) is 8.40. The van der Waals surface area contributed by atoms with E-state index >= 15 is 0 Å². The first-order chi connectivity index (χ1) is 9.55. The summed E-state index contributed by atoms with van der Waals surface area (Å²) in [7, 11) is 0. The van der Waals surface area contributed by atoms with Crippen molar-refractivity contribution in [3.05, 3.63) is 0 Å². The highest BCUT2D eigenvalue weighted by atomic mass is 16.6. The zero-order valence-corrected chi connectivity index (χ0v) is 14.7. The van der Waals surface area contributed by atoms with Gasteiger partial charge in [-0.2, -0.15) is 0 Å². The minimum Gasteiger partial charge on any atom is -0.465 e. The van der Waals surface area contributed by atoms with Crippen LogP contribution in [0.15, 0.2) is 0 Å². The van der Waals surface area contributed by atoms with Crippen molar-refractivity contribution in [3.63, 3.8) is 0 Å². The smallest absolute Gasteiger partial charge is 0.312 e. The first-order valence-electron chi connectivity index (χ1n) is 7.95. The SMILES string of the molecule is CCC(C)C(=O)OCCCC(C)(C)OC(=O)C(C)(C)CC. The predicted molar refractivity (Wildman–Crippen MR) is 83.9 cm³/mol. The highest BCUT2D eigenvalue weighted by Gasteiger charge is 2.32. The van der Waals surface area contributed by atoms with E-state index in [0.29, 0.717) is 19.4 Å². The van der Waals surface area contributed by atoms with Gasteiger partial charge in [-0.25, -0.2) is 0 Å². The molecule has 0 aromatic heterocycles. The Morgan fingerprint density at radius 3 is 2.14 bits per heavy atom. The maximum Gasteiger partial charge on any atom is 0.312 e. The summed E-state index contributed by atoms with van der Waals surface area (Å²) in [6.45, 7) is 13.7. The number of ether oxygens (including phenoxy) is 2. The Hall–Kier alpha value is -1.06. The Labute approximate surface area is 129 Å². The summed E-state index contributed by atoms with van der Waals surface area (Å²) in [6, 6.07) is 0. The van der Waals surface area contributed by atoms with E-state index in [0.717, 1.165) is 12.8 Å². The third kappa shape index (κ3) is 7.49. The van der Waals surface area contributed by atoms with E-state index in [1.807, 2.05) is 48.5 Å². The lowest BCUT2D eigenvalue weighted by Crippen LogP contribution is -2.35. The molecule has 0 rings (SSSR count). The van der Waals surface area contributed by atoms with Crippen LogP contribution >= 0.6 is 0 Å². The van der Waals surface area contributed by atoms with Gasteiger partial charge in [0.15, 0.2) is 0 Å². The fraction of sp³-hybridized carbons (Fsp3) is 0.882. The van der Waals surface area contributed by atoms with Crippen LogP contribution in [0.5, 0.6) is 0 Å². The van der Waals surface area contributed by atoms with Crippen molar-refractivity contribution in [1.29, 1.82) is 0 Å². The van der Waals surface area contributed by atoms with E-state index < -0.39 is 11.0 Å². The fourth-order valence-electron chi connectivity index (χ4n) is 1.56. The van der Waals surface area contributed by atoms with Gasteiger partial charge in [-0.05, 0) is 53.4 Å². The van der Waals surface area contributed by atoms with Crippen LogP contribution in [-0.2, 0) is 19.1 Å². The number of hydrogen-bond acceptors (Lipinski definition) is 4. The molecular weight excluding hydrogens is 268 g/mol. The summed E-state index contributed by atoms with van der Waals surface area (Å²) >= 11 is 0. The number of carbonyl (C=O) groups is 2. The maximum absolute atomic E-state index is 12.1. The number of hydrogen-bond donors (Lipinski definition) is 0. The van der Waals surface area contributed by atoms with Gasteiger partial charge in [0.05, 0.1) is 17.9 Å². The largest absolute Gasteiger partial charge is 0.465 e. The van der Waals surface area contributed by atoms with Crippen molar-refractivity contribution >= 4 is 11.9 Å². The number of carbonyl (C=O) groups excluding carboxylic acids is 2. The van der Waals surface area contributed by atoms with Gasteiger partial charge in [0.1, 0.15) is 5.60 Å². The summed E-state index contributed by atoms with van der Waals surface area (Å²) in [6.07, 6.45) is 2.89. The molecule has 0 spiro atoms. The molecule has 0 saturated carbocycles. The van der Waals surface area contributed by atoms with Crippen LogP contribution in [0.25, 0.3) is 0 Å². The Morgan fingerprint density at radius 2 is 1.67 bits per heavy atom. The maximum atomic E-state index is 12.1. The van der Waals surface area contributed by atoms with Crippen molar-refractivity contribution in [3.8, 4) is 0 Å². The predicted octanol–water partition coefficient (Wildman–Crippen LogP) is 4.11. The highest BCUT2D eigenvalue weighted by molar-refractivity contribution is 5.76. The summed E-state index contributed by atoms with van der Waals surface area (Å²) in [5.74, 6) is -0.382. The topological polar surface area (TPSA) is 52.6 Å². The van der Waals surface area contributed by atoms with Gasteiger partial charge in [-0.3, -0.25) is 9.59 Å². The van der Waals surface area contributed by atoms with Crippen LogP contribution in [0.2, 0.25) is 0 Å². The second-order valence-corrected chi connectivity index (χ2v) is 6.97. The molecule has 1 atom stereocenters. The van der Waals surface area contributed by atoms with E-state index in [1.54, 1.807) is 0 Å². The highest BCUT2D eigenvalue weighted by Crippen LogP contribution is 2.26. The standard InChI is InChI=1S/C17H32O4/c1-8-13(3)14(18)20-12-10-11-17(6,7)21-15(19)16(4,5)9-2/h13H,8-12H2,1-7H3. The average molecular weight is 300 g/mol. The van der Waals surface area contributed by atoms with Crippen LogP contribution in [0.4, 0.5) is 0 Å². The molecule has 0 aliphatic carbocycles. The van der Waals surface area contributed by atoms with Gasteiger partial charge in [-0.15, -0.1) is 0 Å². The first-order valence-corrected chi connectivity index (χ1v) is 7.95. The summed E-state index contributed by atoms with van der Waals surface area (Å²) in [5.41, 5.74) is -0.993. The van der Waals surface area contributed by atoms with E-state index in [1.165, 1.54) is 0 Å². The summed E-state index contributed by atoms with van der Waals surface area (Å²) in [5, 5.41) is 0. The molecule has 21 heavy (non-hydrogen) atoms. The third-order valence-corrected chi connectivity index (χ3v) is 3.99. The molecule has 0 saturated heterocycles. The minimum atomic E-state index is -0.535. The van der Waals surface area contributed by atoms with E-state index in [2.05, 4.69) is 0 Å². The van der Waals surface area contributed by atoms with Crippen molar-refractivity contribution in [2.45, 2.75) is 79.8 Å². The normalized spacial score (nSPS) is 13.7. The lowest BCUT2D eigenvalue weighted by molar-refractivity contribution is -0.168. The molecule has 0 aromatic carbocycles. The molecule has 0 fully saturated rings. The average Bonchev–Trinajstić information content (AvgIpc) is 2.41. The molecule has 124 valence electrons. The molecule has 0 aromatic rings. The molecule has 0 radical (unpaired) electrons. The summed E-state index contributed by atoms with van der Waals surface area (Å²) in [4.78, 5) is 23.6. The summed E-state index contributed by atoms with van der Waals surface area (Å²) < 4.78 is 10.8. The molecule has 0 heterocycles. The Balaban J connectivity index is 4.15. The monoisotopic (exact) mass is 300 g/mol. The van der Waals surface area contributed by atoms with E-state index in [-0.39, 0.29) is 17.9 Å². The molecular formula is C17H32O4. The van der Waals surface area contributed by atoms with Gasteiger partial charge >= 0.3 is 11.9 Å². The zero-order valence-electron chi connectivity index (χ0n) is 14.7. The van der Waals surface area contributed by atoms with Gasteiger partial charge in [0, 0.05) is 0 Å². The lowest BCUT2D eigenvalue weighted by atomic mass is 9.90. The second-order valence-electron chi connectivity index (χ2n) is 6.97. The first kappa shape index (κ1) is 19.9. The van der Waals surface area contributed by atoms with Crippen LogP contribution in [0.3, 0.4) is 0 Å². The fourth-order valence-corrected chi connectivity index (χ4v) is 1.56. The Morgan fingerprint density at radius 1 is 1.10 bits per heavy atom. The third-order valence-electron chi connectivity index (χ3n) is 3.99. The molecule has 4 nitrogen and oxygen atoms in total. The molecule has 0 N–H and O–H groups in total. The van der Waals surface area contributed by atoms with Gasteiger partial charge in [0.2, 0.25) is 0 Å². The van der Waals surface area contributed by atoms with Gasteiger partial charge in [0.25, 0.3) is 0 Å². The Bertz CT molecular complexity index is 345. The Kier molecular flexibility index (Phi) is 7.98. The quantitative estimate of drug-likeness (QED) is 0.475. The van der Waals surface area contributed by atoms with Crippen molar-refractivity contribution in [1.82, 2.24) is 0 Å².